The van der Waals surface area contributed by atoms with Gasteiger partial charge in [-0.2, -0.15) is 5.10 Å². The fourth-order valence-corrected chi connectivity index (χ4v) is 4.59. The highest BCUT2D eigenvalue weighted by atomic mass is 32.2. The van der Waals surface area contributed by atoms with E-state index in [1.54, 1.807) is 16.9 Å². The summed E-state index contributed by atoms with van der Waals surface area (Å²) in [5, 5.41) is 7.06. The van der Waals surface area contributed by atoms with E-state index in [0.717, 1.165) is 12.0 Å². The largest absolute Gasteiger partial charge is 0.311 e. The molecule has 2 heterocycles. The first-order valence-electron chi connectivity index (χ1n) is 8.08. The van der Waals surface area contributed by atoms with Gasteiger partial charge in [0.1, 0.15) is 5.82 Å². The maximum atomic E-state index is 12.3. The van der Waals surface area contributed by atoms with Crippen LogP contribution in [0.4, 0.5) is 5.82 Å². The van der Waals surface area contributed by atoms with Crippen LogP contribution in [-0.4, -0.2) is 35.6 Å². The van der Waals surface area contributed by atoms with Crippen molar-refractivity contribution in [1.82, 2.24) is 9.78 Å². The van der Waals surface area contributed by atoms with Gasteiger partial charge in [0.15, 0.2) is 9.84 Å². The number of aryl methyl sites for hydroxylation is 1. The second-order valence-electron chi connectivity index (χ2n) is 6.13. The van der Waals surface area contributed by atoms with Crippen LogP contribution in [0.1, 0.15) is 24.5 Å². The molecule has 1 saturated heterocycles. The zero-order valence-corrected chi connectivity index (χ0v) is 14.4. The molecule has 0 bridgehead atoms. The van der Waals surface area contributed by atoms with Gasteiger partial charge < -0.3 is 5.32 Å². The first-order chi connectivity index (χ1) is 11.5. The van der Waals surface area contributed by atoms with Crippen LogP contribution in [0.2, 0.25) is 0 Å². The number of carbonyl (C=O) groups is 1. The van der Waals surface area contributed by atoms with Crippen molar-refractivity contribution in [2.45, 2.75) is 26.3 Å². The Kier molecular flexibility index (Phi) is 4.71. The Balaban J connectivity index is 1.67. The highest BCUT2D eigenvalue weighted by Crippen LogP contribution is 2.20. The molecule has 1 N–H and O–H groups in total. The summed E-state index contributed by atoms with van der Waals surface area (Å²) in [7, 11) is -3.07. The number of hydrogen-bond donors (Lipinski definition) is 1. The van der Waals surface area contributed by atoms with Gasteiger partial charge in [0.2, 0.25) is 5.91 Å². The lowest BCUT2D eigenvalue weighted by Gasteiger charge is -2.12. The Morgan fingerprint density at radius 1 is 1.25 bits per heavy atom. The van der Waals surface area contributed by atoms with Gasteiger partial charge in [0.05, 0.1) is 30.2 Å². The van der Waals surface area contributed by atoms with Crippen LogP contribution in [0.5, 0.6) is 0 Å². The average molecular weight is 347 g/mol. The molecule has 1 amide bonds. The molecule has 3 rings (SSSR count). The number of sulfone groups is 1. The topological polar surface area (TPSA) is 81.1 Å². The molecule has 0 aliphatic carbocycles. The van der Waals surface area contributed by atoms with Crippen molar-refractivity contribution in [3.05, 3.63) is 47.7 Å². The van der Waals surface area contributed by atoms with Gasteiger partial charge in [-0.3, -0.25) is 4.79 Å². The van der Waals surface area contributed by atoms with Crippen molar-refractivity contribution in [1.29, 1.82) is 0 Å². The van der Waals surface area contributed by atoms with Crippen LogP contribution in [-0.2, 0) is 27.6 Å². The minimum Gasteiger partial charge on any atom is -0.311 e. The summed E-state index contributed by atoms with van der Waals surface area (Å²) in [5.74, 6) is -0.107. The first kappa shape index (κ1) is 16.7. The molecule has 7 heteroatoms. The van der Waals surface area contributed by atoms with Crippen molar-refractivity contribution in [3.63, 3.8) is 0 Å². The Labute approximate surface area is 141 Å². The van der Waals surface area contributed by atoms with Gasteiger partial charge in [-0.05, 0) is 24.0 Å². The minimum atomic E-state index is -3.07. The highest BCUT2D eigenvalue weighted by molar-refractivity contribution is 7.91. The molecule has 0 spiro atoms. The fourth-order valence-electron chi connectivity index (χ4n) is 2.85. The predicted molar refractivity (Wildman–Crippen MR) is 92.5 cm³/mol. The molecule has 1 aromatic carbocycles. The third-order valence-electron chi connectivity index (χ3n) is 4.33. The van der Waals surface area contributed by atoms with Crippen LogP contribution in [0.25, 0.3) is 0 Å². The van der Waals surface area contributed by atoms with Gasteiger partial charge in [-0.1, -0.05) is 31.2 Å². The van der Waals surface area contributed by atoms with E-state index in [0.29, 0.717) is 18.8 Å². The van der Waals surface area contributed by atoms with Crippen LogP contribution >= 0.6 is 0 Å². The predicted octanol–water partition coefficient (Wildman–Crippen LogP) is 1.87. The standard InChI is InChI=1S/C17H21N3O3S/c1-2-13-3-5-14(6-4-13)11-20-16(7-9-18-20)19-17(21)15-8-10-24(22,23)12-15/h3-7,9,15H,2,8,10-12H2,1H3,(H,19,21)/t15-/m1/s1. The minimum absolute atomic E-state index is 0.0640. The maximum absolute atomic E-state index is 12.3. The summed E-state index contributed by atoms with van der Waals surface area (Å²) in [6.07, 6.45) is 3.01. The van der Waals surface area contributed by atoms with Gasteiger partial charge in [0.25, 0.3) is 0 Å². The second-order valence-corrected chi connectivity index (χ2v) is 8.36. The third-order valence-corrected chi connectivity index (χ3v) is 6.10. The van der Waals surface area contributed by atoms with Crippen LogP contribution in [0.3, 0.4) is 0 Å². The van der Waals surface area contributed by atoms with E-state index in [1.807, 2.05) is 0 Å². The van der Waals surface area contributed by atoms with Crippen molar-refractivity contribution in [2.75, 3.05) is 16.8 Å². The van der Waals surface area contributed by atoms with E-state index < -0.39 is 15.8 Å². The molecule has 128 valence electrons. The number of carbonyl (C=O) groups excluding carboxylic acids is 1. The Bertz CT molecular complexity index is 825. The lowest BCUT2D eigenvalue weighted by atomic mass is 10.1. The molecule has 0 radical (unpaired) electrons. The van der Waals surface area contributed by atoms with Gasteiger partial charge >= 0.3 is 0 Å². The summed E-state index contributed by atoms with van der Waals surface area (Å²) >= 11 is 0. The molecule has 2 aromatic rings. The summed E-state index contributed by atoms with van der Waals surface area (Å²) in [6, 6.07) is 9.99. The maximum Gasteiger partial charge on any atom is 0.229 e. The van der Waals surface area contributed by atoms with Crippen molar-refractivity contribution in [3.8, 4) is 0 Å². The van der Waals surface area contributed by atoms with E-state index >= 15 is 0 Å². The van der Waals surface area contributed by atoms with Crippen LogP contribution < -0.4 is 5.32 Å². The van der Waals surface area contributed by atoms with E-state index in [-0.39, 0.29) is 17.4 Å². The SMILES string of the molecule is CCc1ccc(Cn2nccc2NC(=O)[C@@H]2CCS(=O)(=O)C2)cc1. The second kappa shape index (κ2) is 6.76. The number of nitrogens with zero attached hydrogens (tertiary/aromatic N) is 2. The number of aromatic nitrogens is 2. The Morgan fingerprint density at radius 3 is 2.58 bits per heavy atom. The van der Waals surface area contributed by atoms with Crippen molar-refractivity contribution < 1.29 is 13.2 Å². The van der Waals surface area contributed by atoms with Crippen molar-refractivity contribution >= 4 is 21.6 Å². The molecule has 24 heavy (non-hydrogen) atoms. The molecular weight excluding hydrogens is 326 g/mol. The zero-order valence-electron chi connectivity index (χ0n) is 13.6. The Hall–Kier alpha value is -2.15. The molecule has 0 unspecified atom stereocenters. The van der Waals surface area contributed by atoms with E-state index in [9.17, 15) is 13.2 Å². The van der Waals surface area contributed by atoms with E-state index in [4.69, 9.17) is 0 Å². The molecule has 1 aliphatic rings. The van der Waals surface area contributed by atoms with Gasteiger partial charge in [-0.15, -0.1) is 0 Å². The quantitative estimate of drug-likeness (QED) is 0.895. The summed E-state index contributed by atoms with van der Waals surface area (Å²) in [6.45, 7) is 2.66. The lowest BCUT2D eigenvalue weighted by molar-refractivity contribution is -0.119. The van der Waals surface area contributed by atoms with Crippen molar-refractivity contribution in [2.24, 2.45) is 5.92 Å². The fraction of sp³-hybridized carbons (Fsp3) is 0.412. The molecule has 6 nitrogen and oxygen atoms in total. The van der Waals surface area contributed by atoms with Crippen LogP contribution in [0, 0.1) is 5.92 Å². The number of hydrogen-bond acceptors (Lipinski definition) is 4. The van der Waals surface area contributed by atoms with Gasteiger partial charge in [-0.25, -0.2) is 13.1 Å². The number of rotatable bonds is 5. The number of anilines is 1. The summed E-state index contributed by atoms with van der Waals surface area (Å²) < 4.78 is 24.7. The number of nitrogens with one attached hydrogen (secondary N) is 1. The molecule has 1 aromatic heterocycles. The van der Waals surface area contributed by atoms with E-state index in [1.165, 1.54) is 5.56 Å². The molecule has 1 fully saturated rings. The normalized spacial score (nSPS) is 19.3. The third kappa shape index (κ3) is 3.84. The van der Waals surface area contributed by atoms with Crippen LogP contribution in [0.15, 0.2) is 36.5 Å². The molecule has 1 atom stereocenters. The smallest absolute Gasteiger partial charge is 0.229 e. The average Bonchev–Trinajstić information content (AvgIpc) is 3.14. The Morgan fingerprint density at radius 2 is 1.96 bits per heavy atom. The first-order valence-corrected chi connectivity index (χ1v) is 9.90. The monoisotopic (exact) mass is 347 g/mol. The molecule has 1 aliphatic heterocycles. The summed E-state index contributed by atoms with van der Waals surface area (Å²) in [5.41, 5.74) is 2.37. The zero-order chi connectivity index (χ0) is 17.2. The highest BCUT2D eigenvalue weighted by Gasteiger charge is 2.33. The molecular formula is C17H21N3O3S. The number of benzene rings is 1. The summed E-state index contributed by atoms with van der Waals surface area (Å²) in [4.78, 5) is 12.3. The van der Waals surface area contributed by atoms with E-state index in [2.05, 4.69) is 41.6 Å². The lowest BCUT2D eigenvalue weighted by Crippen LogP contribution is -2.25. The van der Waals surface area contributed by atoms with Gasteiger partial charge in [0, 0.05) is 6.07 Å². The molecule has 0 saturated carbocycles. The number of amides is 1.